The quantitative estimate of drug-likeness (QED) is 0.870. The van der Waals surface area contributed by atoms with Crippen LogP contribution in [0.2, 0.25) is 0 Å². The standard InChI is InChI=1S/C15H19N3O/c16-10-12-6-4-5-9-14(12)18-15(19)11-17-13-7-2-1-3-8-13/h4-6,9,13,17H,1-3,7-8,11H2,(H,18,19). The van der Waals surface area contributed by atoms with Crippen LogP contribution in [-0.2, 0) is 4.79 Å². The van der Waals surface area contributed by atoms with E-state index in [1.54, 1.807) is 18.2 Å². The Hall–Kier alpha value is -1.86. The van der Waals surface area contributed by atoms with Crippen molar-refractivity contribution < 1.29 is 4.79 Å². The van der Waals surface area contributed by atoms with Crippen molar-refractivity contribution in [2.75, 3.05) is 11.9 Å². The highest BCUT2D eigenvalue weighted by molar-refractivity contribution is 5.93. The van der Waals surface area contributed by atoms with Crippen molar-refractivity contribution in [2.24, 2.45) is 0 Å². The summed E-state index contributed by atoms with van der Waals surface area (Å²) in [5, 5.41) is 15.0. The first kappa shape index (κ1) is 13.6. The largest absolute Gasteiger partial charge is 0.324 e. The third-order valence-electron chi connectivity index (χ3n) is 3.48. The molecule has 0 bridgehead atoms. The summed E-state index contributed by atoms with van der Waals surface area (Å²) < 4.78 is 0. The van der Waals surface area contributed by atoms with E-state index >= 15 is 0 Å². The molecular formula is C15H19N3O. The number of nitrogens with zero attached hydrogens (tertiary/aromatic N) is 1. The van der Waals surface area contributed by atoms with Crippen LogP contribution in [0, 0.1) is 11.3 Å². The van der Waals surface area contributed by atoms with Gasteiger partial charge in [-0.15, -0.1) is 0 Å². The number of hydrogen-bond acceptors (Lipinski definition) is 3. The zero-order valence-corrected chi connectivity index (χ0v) is 11.0. The van der Waals surface area contributed by atoms with Crippen LogP contribution in [-0.4, -0.2) is 18.5 Å². The topological polar surface area (TPSA) is 64.9 Å². The second-order valence-corrected chi connectivity index (χ2v) is 4.92. The lowest BCUT2D eigenvalue weighted by atomic mass is 9.95. The van der Waals surface area contributed by atoms with Crippen molar-refractivity contribution in [2.45, 2.75) is 38.1 Å². The average molecular weight is 257 g/mol. The van der Waals surface area contributed by atoms with E-state index in [0.717, 1.165) is 12.8 Å². The Labute approximate surface area is 113 Å². The van der Waals surface area contributed by atoms with Gasteiger partial charge < -0.3 is 10.6 Å². The average Bonchev–Trinajstić information content (AvgIpc) is 2.47. The number of hydrogen-bond donors (Lipinski definition) is 2. The van der Waals surface area contributed by atoms with E-state index in [0.29, 0.717) is 23.8 Å². The van der Waals surface area contributed by atoms with Crippen molar-refractivity contribution in [3.05, 3.63) is 29.8 Å². The molecule has 1 aromatic rings. The van der Waals surface area contributed by atoms with Crippen LogP contribution in [0.15, 0.2) is 24.3 Å². The number of carbonyl (C=O) groups excluding carboxylic acids is 1. The lowest BCUT2D eigenvalue weighted by molar-refractivity contribution is -0.115. The molecule has 1 saturated carbocycles. The van der Waals surface area contributed by atoms with E-state index in [1.807, 2.05) is 6.07 Å². The molecule has 0 saturated heterocycles. The van der Waals surface area contributed by atoms with Crippen molar-refractivity contribution in [1.29, 1.82) is 5.26 Å². The van der Waals surface area contributed by atoms with Gasteiger partial charge in [-0.25, -0.2) is 0 Å². The second-order valence-electron chi connectivity index (χ2n) is 4.92. The molecule has 1 aromatic carbocycles. The van der Waals surface area contributed by atoms with Crippen molar-refractivity contribution in [3.8, 4) is 6.07 Å². The van der Waals surface area contributed by atoms with Gasteiger partial charge in [0.15, 0.2) is 0 Å². The minimum atomic E-state index is -0.0896. The van der Waals surface area contributed by atoms with Gasteiger partial charge in [0.2, 0.25) is 5.91 Å². The number of para-hydroxylation sites is 1. The monoisotopic (exact) mass is 257 g/mol. The molecule has 1 aliphatic rings. The molecule has 0 unspecified atom stereocenters. The maximum absolute atomic E-state index is 11.8. The van der Waals surface area contributed by atoms with E-state index in [-0.39, 0.29) is 5.91 Å². The summed E-state index contributed by atoms with van der Waals surface area (Å²) >= 11 is 0. The molecule has 4 heteroatoms. The Kier molecular flexibility index (Phi) is 4.93. The van der Waals surface area contributed by atoms with Crippen LogP contribution in [0.3, 0.4) is 0 Å². The SMILES string of the molecule is N#Cc1ccccc1NC(=O)CNC1CCCCC1. The highest BCUT2D eigenvalue weighted by atomic mass is 16.1. The first-order valence-electron chi connectivity index (χ1n) is 6.82. The zero-order valence-electron chi connectivity index (χ0n) is 11.0. The predicted molar refractivity (Wildman–Crippen MR) is 74.7 cm³/mol. The fourth-order valence-electron chi connectivity index (χ4n) is 2.43. The summed E-state index contributed by atoms with van der Waals surface area (Å²) in [6.45, 7) is 0.310. The van der Waals surface area contributed by atoms with Gasteiger partial charge in [0.25, 0.3) is 0 Å². The maximum Gasteiger partial charge on any atom is 0.238 e. The lowest BCUT2D eigenvalue weighted by Crippen LogP contribution is -2.37. The van der Waals surface area contributed by atoms with Crippen molar-refractivity contribution in [3.63, 3.8) is 0 Å². The van der Waals surface area contributed by atoms with E-state index in [9.17, 15) is 4.79 Å². The Morgan fingerprint density at radius 1 is 1.26 bits per heavy atom. The fraction of sp³-hybridized carbons (Fsp3) is 0.467. The molecule has 0 radical (unpaired) electrons. The van der Waals surface area contributed by atoms with Gasteiger partial charge in [-0.05, 0) is 25.0 Å². The predicted octanol–water partition coefficient (Wildman–Crippen LogP) is 2.42. The van der Waals surface area contributed by atoms with Crippen LogP contribution >= 0.6 is 0 Å². The summed E-state index contributed by atoms with van der Waals surface area (Å²) in [4.78, 5) is 11.8. The lowest BCUT2D eigenvalue weighted by Gasteiger charge is -2.22. The minimum Gasteiger partial charge on any atom is -0.324 e. The fourth-order valence-corrected chi connectivity index (χ4v) is 2.43. The molecule has 1 amide bonds. The Morgan fingerprint density at radius 3 is 2.74 bits per heavy atom. The first-order valence-corrected chi connectivity index (χ1v) is 6.82. The normalized spacial score (nSPS) is 15.7. The Balaban J connectivity index is 1.82. The van der Waals surface area contributed by atoms with Crippen LogP contribution in [0.5, 0.6) is 0 Å². The molecule has 1 fully saturated rings. The first-order chi connectivity index (χ1) is 9.29. The smallest absolute Gasteiger partial charge is 0.238 e. The molecule has 0 aromatic heterocycles. The molecule has 0 atom stereocenters. The Morgan fingerprint density at radius 2 is 2.00 bits per heavy atom. The third-order valence-corrected chi connectivity index (χ3v) is 3.48. The summed E-state index contributed by atoms with van der Waals surface area (Å²) in [6.07, 6.45) is 6.11. The van der Waals surface area contributed by atoms with Gasteiger partial charge in [0.05, 0.1) is 17.8 Å². The molecule has 2 N–H and O–H groups in total. The van der Waals surface area contributed by atoms with Crippen LogP contribution in [0.1, 0.15) is 37.7 Å². The van der Waals surface area contributed by atoms with E-state index in [4.69, 9.17) is 5.26 Å². The van der Waals surface area contributed by atoms with Gasteiger partial charge in [-0.2, -0.15) is 5.26 Å². The second kappa shape index (κ2) is 6.91. The zero-order chi connectivity index (χ0) is 13.5. The van der Waals surface area contributed by atoms with Gasteiger partial charge in [0.1, 0.15) is 6.07 Å². The van der Waals surface area contributed by atoms with E-state index in [1.165, 1.54) is 19.3 Å². The van der Waals surface area contributed by atoms with Crippen LogP contribution in [0.25, 0.3) is 0 Å². The summed E-state index contributed by atoms with van der Waals surface area (Å²) in [7, 11) is 0. The number of nitrogens with one attached hydrogen (secondary N) is 2. The molecule has 1 aliphatic carbocycles. The molecular weight excluding hydrogens is 238 g/mol. The summed E-state index contributed by atoms with van der Waals surface area (Å²) in [5.41, 5.74) is 1.08. The highest BCUT2D eigenvalue weighted by Gasteiger charge is 2.14. The van der Waals surface area contributed by atoms with Gasteiger partial charge >= 0.3 is 0 Å². The highest BCUT2D eigenvalue weighted by Crippen LogP contribution is 2.17. The van der Waals surface area contributed by atoms with E-state index in [2.05, 4.69) is 16.7 Å². The summed E-state index contributed by atoms with van der Waals surface area (Å²) in [5.74, 6) is -0.0896. The number of anilines is 1. The van der Waals surface area contributed by atoms with Gasteiger partial charge in [-0.3, -0.25) is 4.79 Å². The number of amides is 1. The Bertz CT molecular complexity index is 473. The molecule has 0 heterocycles. The molecule has 19 heavy (non-hydrogen) atoms. The minimum absolute atomic E-state index is 0.0896. The molecule has 100 valence electrons. The van der Waals surface area contributed by atoms with Crippen molar-refractivity contribution in [1.82, 2.24) is 5.32 Å². The van der Waals surface area contributed by atoms with E-state index < -0.39 is 0 Å². The number of nitriles is 1. The molecule has 4 nitrogen and oxygen atoms in total. The molecule has 2 rings (SSSR count). The van der Waals surface area contributed by atoms with Crippen molar-refractivity contribution >= 4 is 11.6 Å². The van der Waals surface area contributed by atoms with Gasteiger partial charge in [-0.1, -0.05) is 31.4 Å². The third kappa shape index (κ3) is 4.08. The number of benzene rings is 1. The van der Waals surface area contributed by atoms with Gasteiger partial charge in [0, 0.05) is 6.04 Å². The molecule has 0 aliphatic heterocycles. The number of carbonyl (C=O) groups is 1. The maximum atomic E-state index is 11.8. The summed E-state index contributed by atoms with van der Waals surface area (Å²) in [6, 6.07) is 9.58. The number of rotatable bonds is 4. The van der Waals surface area contributed by atoms with Crippen LogP contribution in [0.4, 0.5) is 5.69 Å². The molecule has 0 spiro atoms. The van der Waals surface area contributed by atoms with Crippen LogP contribution < -0.4 is 10.6 Å².